The summed E-state index contributed by atoms with van der Waals surface area (Å²) in [7, 11) is 0. The largest absolute Gasteiger partial charge is 0.394 e. The highest BCUT2D eigenvalue weighted by atomic mass is 16.7. The van der Waals surface area contributed by atoms with E-state index < -0.39 is 43.1 Å². The second-order valence-corrected chi connectivity index (χ2v) is 17.8. The second kappa shape index (κ2) is 12.1. The van der Waals surface area contributed by atoms with Crippen LogP contribution in [0.25, 0.3) is 0 Å². The molecular formula is C37H62O8. The number of fused-ring (bicyclic) bond motifs is 7. The number of allylic oxidation sites excluding steroid dienone is 2. The fourth-order valence-corrected chi connectivity index (χ4v) is 11.4. The predicted octanol–water partition coefficient (Wildman–Crippen LogP) is 4.79. The van der Waals surface area contributed by atoms with Gasteiger partial charge in [-0.1, -0.05) is 60.1 Å². The Labute approximate surface area is 270 Å². The summed E-state index contributed by atoms with van der Waals surface area (Å²) in [6, 6.07) is 0. The Morgan fingerprint density at radius 2 is 1.78 bits per heavy atom. The summed E-state index contributed by atoms with van der Waals surface area (Å²) in [6.45, 7) is 16.3. The van der Waals surface area contributed by atoms with E-state index in [9.17, 15) is 25.5 Å². The maximum atomic E-state index is 11.9. The Kier molecular flexibility index (Phi) is 9.21. The Morgan fingerprint density at radius 3 is 2.47 bits per heavy atom. The Hall–Kier alpha value is -0.580. The predicted molar refractivity (Wildman–Crippen MR) is 171 cm³/mol. The molecule has 258 valence electrons. The molecule has 0 aromatic heterocycles. The van der Waals surface area contributed by atoms with Gasteiger partial charge in [-0.2, -0.15) is 0 Å². The third-order valence-electron chi connectivity index (χ3n) is 14.4. The van der Waals surface area contributed by atoms with E-state index in [0.29, 0.717) is 41.4 Å². The molecule has 3 saturated carbocycles. The van der Waals surface area contributed by atoms with Gasteiger partial charge in [0, 0.05) is 12.3 Å². The zero-order valence-electron chi connectivity index (χ0n) is 28.8. The summed E-state index contributed by atoms with van der Waals surface area (Å²) >= 11 is 0. The first-order valence-electron chi connectivity index (χ1n) is 18.1. The Morgan fingerprint density at radius 1 is 1.04 bits per heavy atom. The van der Waals surface area contributed by atoms with Gasteiger partial charge in [-0.3, -0.25) is 0 Å². The standard InChI is InChI=1S/C37H62O8/c1-20(19-43-33-32(41)31(40)30(39)28(18-38)44-33)10-15-37(42)21(2)29-27(45-37)17-26-24-9-8-23-16-22(34(3,4)5)11-13-35(23,6)25(24)12-14-36(26,29)7/h8,20-22,24-33,38-42H,9-19H2,1-7H3/t20-,21+,22?,24-,25+,26+,27?,28?,29+,30-,31?,32+,33-,35+,36+,37?/m1/s1. The molecule has 8 heteroatoms. The van der Waals surface area contributed by atoms with Crippen molar-refractivity contribution < 1.29 is 39.7 Å². The van der Waals surface area contributed by atoms with Crippen LogP contribution in [0.3, 0.4) is 0 Å². The number of rotatable bonds is 7. The van der Waals surface area contributed by atoms with E-state index in [1.807, 2.05) is 6.92 Å². The highest BCUT2D eigenvalue weighted by molar-refractivity contribution is 5.26. The molecule has 0 radical (unpaired) electrons. The molecule has 2 saturated heterocycles. The van der Waals surface area contributed by atoms with Gasteiger partial charge in [0.1, 0.15) is 24.4 Å². The van der Waals surface area contributed by atoms with Crippen LogP contribution in [0.5, 0.6) is 0 Å². The summed E-state index contributed by atoms with van der Waals surface area (Å²) in [5.74, 6) is 2.14. The summed E-state index contributed by atoms with van der Waals surface area (Å²) in [5, 5.41) is 51.7. The first kappa shape index (κ1) is 34.3. The summed E-state index contributed by atoms with van der Waals surface area (Å²) < 4.78 is 17.9. The van der Waals surface area contributed by atoms with Crippen LogP contribution >= 0.6 is 0 Å². The highest BCUT2D eigenvalue weighted by Crippen LogP contribution is 2.70. The number of aliphatic hydroxyl groups is 5. The molecule has 16 atom stereocenters. The van der Waals surface area contributed by atoms with Gasteiger partial charge in [0.2, 0.25) is 0 Å². The maximum Gasteiger partial charge on any atom is 0.186 e. The number of hydrogen-bond donors (Lipinski definition) is 5. The fourth-order valence-electron chi connectivity index (χ4n) is 11.4. The van der Waals surface area contributed by atoms with Crippen molar-refractivity contribution >= 4 is 0 Å². The van der Waals surface area contributed by atoms with E-state index >= 15 is 0 Å². The van der Waals surface area contributed by atoms with Crippen molar-refractivity contribution in [2.45, 2.75) is 149 Å². The van der Waals surface area contributed by atoms with Crippen molar-refractivity contribution in [3.8, 4) is 0 Å². The molecule has 0 aromatic rings. The molecular weight excluding hydrogens is 572 g/mol. The molecule has 6 rings (SSSR count). The highest BCUT2D eigenvalue weighted by Gasteiger charge is 2.67. The molecule has 6 aliphatic rings. The quantitative estimate of drug-likeness (QED) is 0.253. The molecule has 0 aromatic carbocycles. The minimum absolute atomic E-state index is 0.0359. The van der Waals surface area contributed by atoms with Gasteiger partial charge in [0.15, 0.2) is 12.1 Å². The van der Waals surface area contributed by atoms with Crippen LogP contribution in [0.15, 0.2) is 11.6 Å². The van der Waals surface area contributed by atoms with E-state index in [1.165, 1.54) is 38.5 Å². The molecule has 5 fully saturated rings. The van der Waals surface area contributed by atoms with Gasteiger partial charge in [-0.15, -0.1) is 0 Å². The first-order chi connectivity index (χ1) is 21.0. The van der Waals surface area contributed by atoms with Gasteiger partial charge in [-0.25, -0.2) is 0 Å². The van der Waals surface area contributed by atoms with Crippen LogP contribution in [-0.2, 0) is 14.2 Å². The van der Waals surface area contributed by atoms with E-state index in [1.54, 1.807) is 5.57 Å². The van der Waals surface area contributed by atoms with Crippen molar-refractivity contribution in [1.82, 2.24) is 0 Å². The number of aliphatic hydroxyl groups excluding tert-OH is 4. The zero-order chi connectivity index (χ0) is 32.7. The second-order valence-electron chi connectivity index (χ2n) is 17.8. The topological polar surface area (TPSA) is 129 Å². The lowest BCUT2D eigenvalue weighted by molar-refractivity contribution is -0.303. The van der Waals surface area contributed by atoms with Gasteiger partial charge in [0.05, 0.1) is 19.3 Å². The van der Waals surface area contributed by atoms with Crippen LogP contribution in [-0.4, -0.2) is 81.3 Å². The van der Waals surface area contributed by atoms with Gasteiger partial charge in [0.25, 0.3) is 0 Å². The molecule has 45 heavy (non-hydrogen) atoms. The van der Waals surface area contributed by atoms with Crippen molar-refractivity contribution in [2.24, 2.45) is 57.7 Å². The van der Waals surface area contributed by atoms with Crippen molar-refractivity contribution in [1.29, 1.82) is 0 Å². The van der Waals surface area contributed by atoms with Crippen molar-refractivity contribution in [2.75, 3.05) is 13.2 Å². The molecule has 5 unspecified atom stereocenters. The van der Waals surface area contributed by atoms with Crippen LogP contribution in [0.2, 0.25) is 0 Å². The van der Waals surface area contributed by atoms with E-state index in [0.717, 1.165) is 18.3 Å². The molecule has 2 aliphatic heterocycles. The Bertz CT molecular complexity index is 1100. The summed E-state index contributed by atoms with van der Waals surface area (Å²) in [5.41, 5.74) is 2.63. The van der Waals surface area contributed by atoms with Crippen LogP contribution < -0.4 is 0 Å². The van der Waals surface area contributed by atoms with E-state index in [-0.39, 0.29) is 30.0 Å². The summed E-state index contributed by atoms with van der Waals surface area (Å²) in [4.78, 5) is 0. The smallest absolute Gasteiger partial charge is 0.186 e. The fraction of sp³-hybridized carbons (Fsp3) is 0.946. The first-order valence-corrected chi connectivity index (χ1v) is 18.1. The number of ether oxygens (including phenoxy) is 3. The maximum absolute atomic E-state index is 11.9. The van der Waals surface area contributed by atoms with Crippen LogP contribution in [0.4, 0.5) is 0 Å². The third-order valence-corrected chi connectivity index (χ3v) is 14.4. The van der Waals surface area contributed by atoms with Crippen LogP contribution in [0.1, 0.15) is 106 Å². The average Bonchev–Trinajstić information content (AvgIpc) is 3.42. The SMILES string of the molecule is C[C@H](CCC1(O)OC2C[C@H]3[C@@H]4CC=C5CC(C(C)(C)C)CC[C@]5(C)[C@H]4CC[C@]3(C)[C@H]2[C@@H]1C)CO[C@@H]1OC(CO)[C@@H](O)C(O)[C@@H]1O. The molecule has 8 nitrogen and oxygen atoms in total. The van der Waals surface area contributed by atoms with E-state index in [4.69, 9.17) is 14.2 Å². The van der Waals surface area contributed by atoms with Gasteiger partial charge in [-0.05, 0) is 103 Å². The monoisotopic (exact) mass is 634 g/mol. The normalized spacial score (nSPS) is 52.0. The molecule has 0 amide bonds. The van der Waals surface area contributed by atoms with Gasteiger partial charge >= 0.3 is 0 Å². The molecule has 5 N–H and O–H groups in total. The Balaban J connectivity index is 1.07. The molecule has 2 heterocycles. The minimum Gasteiger partial charge on any atom is -0.394 e. The number of hydrogen-bond acceptors (Lipinski definition) is 8. The molecule has 4 aliphatic carbocycles. The molecule has 0 spiro atoms. The summed E-state index contributed by atoms with van der Waals surface area (Å²) in [6.07, 6.45) is 6.22. The van der Waals surface area contributed by atoms with Crippen molar-refractivity contribution in [3.63, 3.8) is 0 Å². The van der Waals surface area contributed by atoms with Crippen LogP contribution in [0, 0.1) is 57.7 Å². The third kappa shape index (κ3) is 5.69. The lowest BCUT2D eigenvalue weighted by Gasteiger charge is -2.59. The molecule has 0 bridgehead atoms. The van der Waals surface area contributed by atoms with E-state index in [2.05, 4.69) is 47.6 Å². The average molecular weight is 635 g/mol. The van der Waals surface area contributed by atoms with Crippen molar-refractivity contribution in [3.05, 3.63) is 11.6 Å². The lowest BCUT2D eigenvalue weighted by atomic mass is 9.46. The lowest BCUT2D eigenvalue weighted by Crippen LogP contribution is -2.59. The minimum atomic E-state index is -1.46. The zero-order valence-corrected chi connectivity index (χ0v) is 28.8. The van der Waals surface area contributed by atoms with Gasteiger partial charge < -0.3 is 39.7 Å².